The lowest BCUT2D eigenvalue weighted by molar-refractivity contribution is 0.116. The minimum absolute atomic E-state index is 0.552. The molecule has 1 amide bonds. The van der Waals surface area contributed by atoms with Crippen molar-refractivity contribution in [3.05, 3.63) is 29.8 Å². The van der Waals surface area contributed by atoms with Crippen molar-refractivity contribution in [3.63, 3.8) is 0 Å². The Morgan fingerprint density at radius 2 is 1.93 bits per heavy atom. The maximum atomic E-state index is 11.3. The molecule has 0 aliphatic rings. The van der Waals surface area contributed by atoms with Crippen molar-refractivity contribution in [2.45, 2.75) is 5.33 Å². The molecule has 82 valence electrons. The summed E-state index contributed by atoms with van der Waals surface area (Å²) in [6.07, 6.45) is -0.552. The topological polar surface area (TPSA) is 38.8 Å². The number of rotatable bonds is 3. The Bertz CT molecular complexity index is 326. The van der Waals surface area contributed by atoms with Crippen molar-refractivity contribution in [1.29, 1.82) is 0 Å². The molecule has 0 atom stereocenters. The number of amides is 1. The quantitative estimate of drug-likeness (QED) is 0.628. The lowest BCUT2D eigenvalue weighted by Crippen LogP contribution is -2.29. The van der Waals surface area contributed by atoms with E-state index in [2.05, 4.69) is 20.7 Å². The first-order valence-electron chi connectivity index (χ1n) is 4.30. The highest BCUT2D eigenvalue weighted by Crippen LogP contribution is 2.17. The van der Waals surface area contributed by atoms with Crippen molar-refractivity contribution < 1.29 is 14.4 Å². The predicted octanol–water partition coefficient (Wildman–Crippen LogP) is 2.72. The molecule has 0 spiro atoms. The van der Waals surface area contributed by atoms with E-state index in [0.717, 1.165) is 16.0 Å². The van der Waals surface area contributed by atoms with Crippen LogP contribution in [0.3, 0.4) is 0 Å². The molecule has 0 bridgehead atoms. The Hall–Kier alpha value is -1.07. The molecular formula is C10H12BrNO3. The fourth-order valence-corrected chi connectivity index (χ4v) is 1.46. The summed E-state index contributed by atoms with van der Waals surface area (Å²) in [5.74, 6) is 0. The number of hydroxylamine groups is 1. The summed E-state index contributed by atoms with van der Waals surface area (Å²) in [6, 6.07) is 7.38. The number of benzene rings is 1. The molecule has 15 heavy (non-hydrogen) atoms. The van der Waals surface area contributed by atoms with Gasteiger partial charge < -0.3 is 4.74 Å². The average molecular weight is 274 g/mol. The van der Waals surface area contributed by atoms with Crippen molar-refractivity contribution >= 4 is 27.7 Å². The number of carbonyl (C=O) groups is 1. The molecule has 0 saturated heterocycles. The van der Waals surface area contributed by atoms with Crippen LogP contribution in [0.15, 0.2) is 24.3 Å². The molecule has 0 aliphatic heterocycles. The van der Waals surface area contributed by atoms with Gasteiger partial charge in [-0.25, -0.2) is 4.79 Å². The molecule has 0 aromatic heterocycles. The number of nitrogens with zero attached hydrogens (tertiary/aromatic N) is 1. The molecule has 1 aromatic carbocycles. The van der Waals surface area contributed by atoms with Gasteiger partial charge in [0.25, 0.3) is 0 Å². The van der Waals surface area contributed by atoms with Crippen molar-refractivity contribution in [2.24, 2.45) is 0 Å². The smallest absolute Gasteiger partial charge is 0.438 e. The second kappa shape index (κ2) is 5.72. The van der Waals surface area contributed by atoms with Crippen LogP contribution in [0, 0.1) is 0 Å². The summed E-state index contributed by atoms with van der Waals surface area (Å²) >= 11 is 3.34. The number of alkyl halides is 1. The van der Waals surface area contributed by atoms with Gasteiger partial charge in [-0.15, -0.1) is 0 Å². The van der Waals surface area contributed by atoms with E-state index in [-0.39, 0.29) is 0 Å². The summed E-state index contributed by atoms with van der Waals surface area (Å²) in [7, 11) is 2.72. The Labute approximate surface area is 96.9 Å². The molecule has 5 heteroatoms. The van der Waals surface area contributed by atoms with Gasteiger partial charge in [0, 0.05) is 5.33 Å². The monoisotopic (exact) mass is 273 g/mol. The zero-order valence-electron chi connectivity index (χ0n) is 8.57. The van der Waals surface area contributed by atoms with Gasteiger partial charge in [-0.1, -0.05) is 28.1 Å². The highest BCUT2D eigenvalue weighted by molar-refractivity contribution is 9.08. The number of halogens is 1. The maximum absolute atomic E-state index is 11.3. The lowest BCUT2D eigenvalue weighted by atomic mass is 10.2. The second-order valence-corrected chi connectivity index (χ2v) is 3.31. The molecule has 1 rings (SSSR count). The van der Waals surface area contributed by atoms with E-state index in [0.29, 0.717) is 5.69 Å². The standard InChI is InChI=1S/C10H12BrNO3/c1-14-10(13)12(15-2)9-5-3-8(7-11)4-6-9/h3-6H,7H2,1-2H3. The van der Waals surface area contributed by atoms with Gasteiger partial charge in [0.1, 0.15) is 0 Å². The molecule has 1 aromatic rings. The fourth-order valence-electron chi connectivity index (χ4n) is 1.09. The molecule has 0 unspecified atom stereocenters. The normalized spacial score (nSPS) is 9.80. The summed E-state index contributed by atoms with van der Waals surface area (Å²) in [5, 5.41) is 1.86. The Morgan fingerprint density at radius 3 is 2.33 bits per heavy atom. The van der Waals surface area contributed by atoms with Crippen molar-refractivity contribution in [2.75, 3.05) is 19.3 Å². The third-order valence-corrected chi connectivity index (χ3v) is 2.50. The molecule has 0 fully saturated rings. The van der Waals surface area contributed by atoms with Crippen LogP contribution in [0.25, 0.3) is 0 Å². The number of anilines is 1. The highest BCUT2D eigenvalue weighted by atomic mass is 79.9. The van der Waals surface area contributed by atoms with Gasteiger partial charge in [0.15, 0.2) is 0 Å². The number of hydrogen-bond acceptors (Lipinski definition) is 3. The van der Waals surface area contributed by atoms with Crippen LogP contribution < -0.4 is 5.06 Å². The van der Waals surface area contributed by atoms with E-state index < -0.39 is 6.09 Å². The van der Waals surface area contributed by atoms with Gasteiger partial charge in [-0.3, -0.25) is 4.84 Å². The van der Waals surface area contributed by atoms with E-state index in [1.54, 1.807) is 12.1 Å². The summed E-state index contributed by atoms with van der Waals surface area (Å²) in [5.41, 5.74) is 1.76. The van der Waals surface area contributed by atoms with Crippen molar-refractivity contribution in [1.82, 2.24) is 0 Å². The van der Waals surface area contributed by atoms with Gasteiger partial charge in [-0.05, 0) is 17.7 Å². The number of hydrogen-bond donors (Lipinski definition) is 0. The molecule has 0 radical (unpaired) electrons. The zero-order chi connectivity index (χ0) is 11.3. The van der Waals surface area contributed by atoms with Crippen molar-refractivity contribution in [3.8, 4) is 0 Å². The van der Waals surface area contributed by atoms with Crippen LogP contribution in [-0.2, 0) is 14.9 Å². The van der Waals surface area contributed by atoms with Crippen LogP contribution in [0.2, 0.25) is 0 Å². The summed E-state index contributed by atoms with van der Waals surface area (Å²) < 4.78 is 4.57. The largest absolute Gasteiger partial charge is 0.451 e. The summed E-state index contributed by atoms with van der Waals surface area (Å²) in [6.45, 7) is 0. The first-order valence-corrected chi connectivity index (χ1v) is 5.42. The second-order valence-electron chi connectivity index (χ2n) is 2.75. The van der Waals surface area contributed by atoms with Crippen LogP contribution in [0.4, 0.5) is 10.5 Å². The Morgan fingerprint density at radius 1 is 1.33 bits per heavy atom. The Balaban J connectivity index is 2.87. The minimum Gasteiger partial charge on any atom is -0.451 e. The van der Waals surface area contributed by atoms with Gasteiger partial charge >= 0.3 is 6.09 Å². The fraction of sp³-hybridized carbons (Fsp3) is 0.300. The summed E-state index contributed by atoms with van der Waals surface area (Å²) in [4.78, 5) is 16.2. The van der Waals surface area contributed by atoms with Crippen LogP contribution in [0.5, 0.6) is 0 Å². The highest BCUT2D eigenvalue weighted by Gasteiger charge is 2.15. The van der Waals surface area contributed by atoms with Gasteiger partial charge in [-0.2, -0.15) is 5.06 Å². The van der Waals surface area contributed by atoms with E-state index in [4.69, 9.17) is 4.84 Å². The first kappa shape index (κ1) is 12.0. The Kier molecular flexibility index (Phi) is 4.58. The number of methoxy groups -OCH3 is 1. The lowest BCUT2D eigenvalue weighted by Gasteiger charge is -2.17. The minimum atomic E-state index is -0.552. The number of carbonyl (C=O) groups excluding carboxylic acids is 1. The molecular weight excluding hydrogens is 262 g/mol. The van der Waals surface area contributed by atoms with Gasteiger partial charge in [0.05, 0.1) is 19.9 Å². The average Bonchev–Trinajstić information content (AvgIpc) is 2.30. The maximum Gasteiger partial charge on any atom is 0.438 e. The van der Waals surface area contributed by atoms with Crippen LogP contribution in [-0.4, -0.2) is 20.3 Å². The van der Waals surface area contributed by atoms with Crippen LogP contribution >= 0.6 is 15.9 Å². The number of ether oxygens (including phenoxy) is 1. The molecule has 0 heterocycles. The molecule has 0 aliphatic carbocycles. The van der Waals surface area contributed by atoms with E-state index in [1.807, 2.05) is 12.1 Å². The molecule has 0 saturated carbocycles. The van der Waals surface area contributed by atoms with Gasteiger partial charge in [0.2, 0.25) is 0 Å². The van der Waals surface area contributed by atoms with E-state index in [1.165, 1.54) is 14.2 Å². The predicted molar refractivity (Wildman–Crippen MR) is 61.0 cm³/mol. The zero-order valence-corrected chi connectivity index (χ0v) is 10.2. The van der Waals surface area contributed by atoms with Crippen LogP contribution in [0.1, 0.15) is 5.56 Å². The third kappa shape index (κ3) is 2.94. The molecule has 4 nitrogen and oxygen atoms in total. The first-order chi connectivity index (χ1) is 7.22. The SMILES string of the molecule is COC(=O)N(OC)c1ccc(CBr)cc1. The molecule has 0 N–H and O–H groups in total. The van der Waals surface area contributed by atoms with E-state index in [9.17, 15) is 4.79 Å². The van der Waals surface area contributed by atoms with E-state index >= 15 is 0 Å². The third-order valence-electron chi connectivity index (χ3n) is 1.85.